The molecular formula is C55H32N4O2. The van der Waals surface area contributed by atoms with Crippen LogP contribution in [0.5, 0.6) is 0 Å². The van der Waals surface area contributed by atoms with Gasteiger partial charge in [0.1, 0.15) is 16.7 Å². The molecule has 0 radical (unpaired) electrons. The molecular weight excluding hydrogens is 749 g/mol. The van der Waals surface area contributed by atoms with Gasteiger partial charge in [-0.3, -0.25) is 0 Å². The van der Waals surface area contributed by atoms with Gasteiger partial charge in [0.2, 0.25) is 0 Å². The zero-order chi connectivity index (χ0) is 40.0. The average molecular weight is 781 g/mol. The van der Waals surface area contributed by atoms with E-state index in [0.29, 0.717) is 17.5 Å². The molecule has 0 fully saturated rings. The van der Waals surface area contributed by atoms with E-state index in [1.54, 1.807) is 0 Å². The smallest absolute Gasteiger partial charge is 0.164 e. The van der Waals surface area contributed by atoms with Gasteiger partial charge >= 0.3 is 0 Å². The SMILES string of the molecule is c1ccc(-c2nc(-c3ccccc3)nc(-c3ccc4c(c3)oc3c(-n5c6ccccc6c6c7oc8c9ccccc9c(-c9ccccc9)cc8c7ccc65)cccc34)n2)cc1. The summed E-state index contributed by atoms with van der Waals surface area (Å²) in [6, 6.07) is 67.2. The summed E-state index contributed by atoms with van der Waals surface area (Å²) in [7, 11) is 0. The average Bonchev–Trinajstić information content (AvgIpc) is 4.01. The van der Waals surface area contributed by atoms with Crippen molar-refractivity contribution < 1.29 is 8.83 Å². The highest BCUT2D eigenvalue weighted by Crippen LogP contribution is 2.45. The van der Waals surface area contributed by atoms with Gasteiger partial charge in [0.15, 0.2) is 23.1 Å². The zero-order valence-electron chi connectivity index (χ0n) is 32.6. The number of nitrogens with zero attached hydrogens (tertiary/aromatic N) is 4. The summed E-state index contributed by atoms with van der Waals surface area (Å²) in [6.45, 7) is 0. The summed E-state index contributed by atoms with van der Waals surface area (Å²) >= 11 is 0. The summed E-state index contributed by atoms with van der Waals surface area (Å²) in [4.78, 5) is 14.9. The normalized spacial score (nSPS) is 11.9. The molecule has 0 aliphatic heterocycles. The molecule has 0 aliphatic rings. The van der Waals surface area contributed by atoms with Crippen LogP contribution in [-0.4, -0.2) is 19.5 Å². The van der Waals surface area contributed by atoms with Gasteiger partial charge in [0.25, 0.3) is 0 Å². The van der Waals surface area contributed by atoms with Crippen LogP contribution >= 0.6 is 0 Å². The fraction of sp³-hybridized carbons (Fsp3) is 0. The molecule has 0 unspecified atom stereocenters. The molecule has 0 amide bonds. The third-order valence-corrected chi connectivity index (χ3v) is 12.0. The van der Waals surface area contributed by atoms with Crippen molar-refractivity contribution >= 4 is 76.5 Å². The van der Waals surface area contributed by atoms with E-state index < -0.39 is 0 Å². The van der Waals surface area contributed by atoms with E-state index in [-0.39, 0.29) is 0 Å². The lowest BCUT2D eigenvalue weighted by Crippen LogP contribution is -2.00. The van der Waals surface area contributed by atoms with E-state index >= 15 is 0 Å². The highest BCUT2D eigenvalue weighted by atomic mass is 16.3. The maximum Gasteiger partial charge on any atom is 0.164 e. The number of benzene rings is 9. The maximum absolute atomic E-state index is 7.04. The first-order valence-corrected chi connectivity index (χ1v) is 20.4. The highest BCUT2D eigenvalue weighted by Gasteiger charge is 2.23. The quantitative estimate of drug-likeness (QED) is 0.174. The minimum atomic E-state index is 0.580. The molecule has 0 N–H and O–H groups in total. The minimum Gasteiger partial charge on any atom is -0.455 e. The lowest BCUT2D eigenvalue weighted by atomic mass is 9.95. The van der Waals surface area contributed by atoms with Gasteiger partial charge in [-0.2, -0.15) is 0 Å². The van der Waals surface area contributed by atoms with Crippen molar-refractivity contribution in [3.05, 3.63) is 194 Å². The number of furan rings is 2. The zero-order valence-corrected chi connectivity index (χ0v) is 32.6. The fourth-order valence-electron chi connectivity index (χ4n) is 9.26. The molecule has 0 atom stereocenters. The molecule has 284 valence electrons. The lowest BCUT2D eigenvalue weighted by molar-refractivity contribution is 0.666. The molecule has 0 saturated carbocycles. The Morgan fingerprint density at radius 2 is 0.885 bits per heavy atom. The minimum absolute atomic E-state index is 0.580. The van der Waals surface area contributed by atoms with Crippen LogP contribution in [0.3, 0.4) is 0 Å². The molecule has 4 aromatic heterocycles. The van der Waals surface area contributed by atoms with E-state index in [1.165, 1.54) is 16.5 Å². The van der Waals surface area contributed by atoms with Crippen molar-refractivity contribution in [1.82, 2.24) is 19.5 Å². The number of rotatable bonds is 5. The van der Waals surface area contributed by atoms with E-state index in [0.717, 1.165) is 93.4 Å². The topological polar surface area (TPSA) is 69.9 Å². The monoisotopic (exact) mass is 780 g/mol. The molecule has 61 heavy (non-hydrogen) atoms. The first-order valence-electron chi connectivity index (χ1n) is 20.4. The highest BCUT2D eigenvalue weighted by molar-refractivity contribution is 6.27. The summed E-state index contributed by atoms with van der Waals surface area (Å²) < 4.78 is 16.3. The van der Waals surface area contributed by atoms with Crippen LogP contribution in [0, 0.1) is 0 Å². The first kappa shape index (κ1) is 33.6. The number of aromatic nitrogens is 4. The summed E-state index contributed by atoms with van der Waals surface area (Å²) in [5.74, 6) is 1.81. The maximum atomic E-state index is 7.04. The van der Waals surface area contributed by atoms with E-state index in [9.17, 15) is 0 Å². The van der Waals surface area contributed by atoms with Crippen molar-refractivity contribution in [3.63, 3.8) is 0 Å². The van der Waals surface area contributed by atoms with Gasteiger partial charge in [-0.15, -0.1) is 0 Å². The molecule has 0 saturated heterocycles. The third kappa shape index (κ3) is 5.12. The van der Waals surface area contributed by atoms with Gasteiger partial charge in [0, 0.05) is 49.0 Å². The Kier molecular flexibility index (Phi) is 7.21. The Morgan fingerprint density at radius 3 is 1.61 bits per heavy atom. The van der Waals surface area contributed by atoms with E-state index in [4.69, 9.17) is 23.8 Å². The van der Waals surface area contributed by atoms with Gasteiger partial charge < -0.3 is 13.4 Å². The van der Waals surface area contributed by atoms with Gasteiger partial charge in [-0.05, 0) is 59.0 Å². The number of hydrogen-bond donors (Lipinski definition) is 0. The van der Waals surface area contributed by atoms with Gasteiger partial charge in [-0.25, -0.2) is 15.0 Å². The molecule has 0 spiro atoms. The van der Waals surface area contributed by atoms with Crippen molar-refractivity contribution in [2.75, 3.05) is 0 Å². The van der Waals surface area contributed by atoms with Crippen LogP contribution in [0.2, 0.25) is 0 Å². The van der Waals surface area contributed by atoms with Crippen molar-refractivity contribution in [2.24, 2.45) is 0 Å². The second-order valence-electron chi connectivity index (χ2n) is 15.5. The van der Waals surface area contributed by atoms with Gasteiger partial charge in [-0.1, -0.05) is 152 Å². The fourth-order valence-corrected chi connectivity index (χ4v) is 9.26. The van der Waals surface area contributed by atoms with Crippen molar-refractivity contribution in [3.8, 4) is 51.0 Å². The van der Waals surface area contributed by atoms with Crippen LogP contribution in [-0.2, 0) is 0 Å². The Bertz CT molecular complexity index is 3810. The third-order valence-electron chi connectivity index (χ3n) is 12.0. The molecule has 4 heterocycles. The van der Waals surface area contributed by atoms with E-state index in [2.05, 4.69) is 138 Å². The first-order chi connectivity index (χ1) is 30.2. The van der Waals surface area contributed by atoms with Crippen molar-refractivity contribution in [2.45, 2.75) is 0 Å². The van der Waals surface area contributed by atoms with E-state index in [1.807, 2.05) is 60.7 Å². The van der Waals surface area contributed by atoms with Crippen LogP contribution in [0.15, 0.2) is 203 Å². The molecule has 6 heteroatoms. The molecule has 0 aliphatic carbocycles. The van der Waals surface area contributed by atoms with Crippen LogP contribution in [0.25, 0.3) is 127 Å². The second kappa shape index (κ2) is 13.1. The summed E-state index contributed by atoms with van der Waals surface area (Å²) in [5.41, 5.74) is 11.5. The Morgan fingerprint density at radius 1 is 0.328 bits per heavy atom. The Balaban J connectivity index is 1.01. The van der Waals surface area contributed by atoms with Crippen molar-refractivity contribution in [1.29, 1.82) is 0 Å². The molecule has 13 aromatic rings. The summed E-state index contributed by atoms with van der Waals surface area (Å²) in [5, 5.41) is 8.69. The second-order valence-corrected chi connectivity index (χ2v) is 15.5. The standard InChI is InChI=1S/C55H32N4O2/c1-4-15-33(16-5-1)43-32-44-41-29-30-46-49(52(41)61-50(44)39-22-11-10-21-37(39)43)42-23-12-13-25-45(42)59(46)47-26-14-24-40-38-28-27-36(31-48(38)60-51(40)47)55-57-53(34-17-6-2-7-18-34)56-54(58-55)35-19-8-3-9-20-35/h1-32H. The van der Waals surface area contributed by atoms with Crippen LogP contribution < -0.4 is 0 Å². The number of fused-ring (bicyclic) bond motifs is 12. The predicted octanol–water partition coefficient (Wildman–Crippen LogP) is 14.6. The number of hydrogen-bond acceptors (Lipinski definition) is 5. The number of para-hydroxylation sites is 2. The lowest BCUT2D eigenvalue weighted by Gasteiger charge is -2.08. The Labute approximate surface area is 348 Å². The molecule has 13 rings (SSSR count). The molecule has 9 aromatic carbocycles. The largest absolute Gasteiger partial charge is 0.455 e. The van der Waals surface area contributed by atoms with Crippen LogP contribution in [0.4, 0.5) is 0 Å². The van der Waals surface area contributed by atoms with Gasteiger partial charge in [0.05, 0.1) is 22.1 Å². The molecule has 6 nitrogen and oxygen atoms in total. The molecule has 0 bridgehead atoms. The Hall–Kier alpha value is -8.35. The predicted molar refractivity (Wildman–Crippen MR) is 248 cm³/mol. The summed E-state index contributed by atoms with van der Waals surface area (Å²) in [6.07, 6.45) is 0. The van der Waals surface area contributed by atoms with Crippen LogP contribution in [0.1, 0.15) is 0 Å².